The monoisotopic (exact) mass is 286 g/mol. The van der Waals surface area contributed by atoms with Crippen molar-refractivity contribution in [2.75, 3.05) is 11.9 Å². The maximum Gasteiger partial charge on any atom is 0.262 e. The van der Waals surface area contributed by atoms with Crippen LogP contribution in [0, 0.1) is 6.92 Å². The number of amides is 1. The van der Waals surface area contributed by atoms with E-state index in [1.807, 2.05) is 29.5 Å². The van der Waals surface area contributed by atoms with Crippen LogP contribution in [0.3, 0.4) is 0 Å². The number of pyridine rings is 1. The molecule has 1 amide bonds. The number of anilines is 1. The second-order valence-corrected chi connectivity index (χ2v) is 4.54. The van der Waals surface area contributed by atoms with E-state index in [1.165, 1.54) is 0 Å². The summed E-state index contributed by atoms with van der Waals surface area (Å²) in [6.07, 6.45) is 1.57. The van der Waals surface area contributed by atoms with Gasteiger partial charge < -0.3 is 9.73 Å². The number of hydroxylamine groups is 1. The molecule has 7 nitrogen and oxygen atoms in total. The van der Waals surface area contributed by atoms with Crippen molar-refractivity contribution in [3.05, 3.63) is 42.3 Å². The van der Waals surface area contributed by atoms with Gasteiger partial charge in [-0.25, -0.2) is 10.5 Å². The number of nitrogens with one attached hydrogen (secondary N) is 2. The van der Waals surface area contributed by atoms with Gasteiger partial charge in [0.25, 0.3) is 5.91 Å². The molecule has 0 radical (unpaired) electrons. The molecule has 0 aromatic carbocycles. The van der Waals surface area contributed by atoms with E-state index < -0.39 is 5.91 Å². The number of hydrogen-bond acceptors (Lipinski definition) is 5. The fourth-order valence-electron chi connectivity index (χ4n) is 2.21. The molecular weight excluding hydrogens is 272 g/mol. The average Bonchev–Trinajstić information content (AvgIpc) is 3.12. The summed E-state index contributed by atoms with van der Waals surface area (Å²) in [4.78, 5) is 15.8. The number of carbonyl (C=O) groups excluding carboxylic acids is 1. The van der Waals surface area contributed by atoms with Crippen molar-refractivity contribution in [3.63, 3.8) is 0 Å². The number of nitrogens with zero attached hydrogens (tertiary/aromatic N) is 2. The predicted octanol–water partition coefficient (Wildman–Crippen LogP) is 1.82. The van der Waals surface area contributed by atoms with Gasteiger partial charge in [-0.3, -0.25) is 14.4 Å². The quantitative estimate of drug-likeness (QED) is 0.502. The minimum Gasteiger partial charge on any atom is -0.463 e. The molecule has 0 spiro atoms. The third kappa shape index (κ3) is 2.34. The molecule has 3 heterocycles. The summed E-state index contributed by atoms with van der Waals surface area (Å²) in [6, 6.07) is 9.30. The molecule has 0 aliphatic heterocycles. The molecule has 108 valence electrons. The number of carbonyl (C=O) groups is 1. The van der Waals surface area contributed by atoms with Crippen LogP contribution >= 0.6 is 0 Å². The zero-order valence-electron chi connectivity index (χ0n) is 11.3. The highest BCUT2D eigenvalue weighted by Crippen LogP contribution is 2.29. The molecule has 0 saturated heterocycles. The Morgan fingerprint density at radius 2 is 2.24 bits per heavy atom. The van der Waals surface area contributed by atoms with E-state index in [9.17, 15) is 4.79 Å². The molecule has 0 aliphatic carbocycles. The maximum absolute atomic E-state index is 11.2. The molecule has 7 heteroatoms. The molecule has 3 rings (SSSR count). The molecule has 3 aromatic heterocycles. The van der Waals surface area contributed by atoms with E-state index in [4.69, 9.17) is 9.62 Å². The molecule has 0 saturated carbocycles. The third-order valence-electron chi connectivity index (χ3n) is 3.13. The summed E-state index contributed by atoms with van der Waals surface area (Å²) in [5.41, 5.74) is 3.91. The van der Waals surface area contributed by atoms with Gasteiger partial charge in [-0.1, -0.05) is 6.07 Å². The van der Waals surface area contributed by atoms with Crippen LogP contribution in [0.15, 0.2) is 41.0 Å². The predicted molar refractivity (Wildman–Crippen MR) is 76.0 cm³/mol. The van der Waals surface area contributed by atoms with E-state index in [0.717, 1.165) is 11.3 Å². The summed E-state index contributed by atoms with van der Waals surface area (Å²) < 4.78 is 7.29. The van der Waals surface area contributed by atoms with Gasteiger partial charge in [-0.15, -0.1) is 0 Å². The minimum atomic E-state index is -0.538. The Bertz CT molecular complexity index is 777. The molecule has 21 heavy (non-hydrogen) atoms. The molecule has 3 N–H and O–H groups in total. The first-order chi connectivity index (χ1) is 10.2. The lowest BCUT2D eigenvalue weighted by atomic mass is 10.3. The summed E-state index contributed by atoms with van der Waals surface area (Å²) in [7, 11) is 0. The number of hydrogen-bond donors (Lipinski definition) is 3. The largest absolute Gasteiger partial charge is 0.463 e. The van der Waals surface area contributed by atoms with Gasteiger partial charge in [0.2, 0.25) is 0 Å². The first kappa shape index (κ1) is 13.2. The Balaban J connectivity index is 2.13. The minimum absolute atomic E-state index is 0.0770. The standard InChI is InChI=1S/C14H14N4O3/c1-9-4-2-6-11-16-13(10-5-3-7-21-10)14(18(9)11)15-8-12(19)17-20/h2-7,15,20H,8H2,1H3,(H,17,19). The van der Waals surface area contributed by atoms with Crippen molar-refractivity contribution >= 4 is 17.4 Å². The van der Waals surface area contributed by atoms with Gasteiger partial charge in [0.05, 0.1) is 12.8 Å². The van der Waals surface area contributed by atoms with Crippen LogP contribution in [0.1, 0.15) is 5.69 Å². The Labute approximate surface area is 120 Å². The molecule has 0 bridgehead atoms. The summed E-state index contributed by atoms with van der Waals surface area (Å²) >= 11 is 0. The topological polar surface area (TPSA) is 91.8 Å². The maximum atomic E-state index is 11.2. The van der Waals surface area contributed by atoms with Crippen LogP contribution in [0.25, 0.3) is 17.1 Å². The van der Waals surface area contributed by atoms with Crippen molar-refractivity contribution in [2.24, 2.45) is 0 Å². The number of imidazole rings is 1. The highest BCUT2D eigenvalue weighted by Gasteiger charge is 2.17. The van der Waals surface area contributed by atoms with Crippen molar-refractivity contribution < 1.29 is 14.4 Å². The van der Waals surface area contributed by atoms with Gasteiger partial charge in [-0.05, 0) is 31.2 Å². The van der Waals surface area contributed by atoms with Crippen LogP contribution < -0.4 is 10.8 Å². The fourth-order valence-corrected chi connectivity index (χ4v) is 2.21. The Kier molecular flexibility index (Phi) is 3.33. The average molecular weight is 286 g/mol. The fraction of sp³-hybridized carbons (Fsp3) is 0.143. The molecule has 0 atom stereocenters. The van der Waals surface area contributed by atoms with Crippen molar-refractivity contribution in [1.82, 2.24) is 14.9 Å². The van der Waals surface area contributed by atoms with E-state index in [0.29, 0.717) is 17.3 Å². The van der Waals surface area contributed by atoms with E-state index in [2.05, 4.69) is 10.3 Å². The second-order valence-electron chi connectivity index (χ2n) is 4.54. The number of fused-ring (bicyclic) bond motifs is 1. The first-order valence-corrected chi connectivity index (χ1v) is 6.39. The van der Waals surface area contributed by atoms with E-state index in [-0.39, 0.29) is 6.54 Å². The van der Waals surface area contributed by atoms with Gasteiger partial charge in [0.15, 0.2) is 5.76 Å². The zero-order valence-corrected chi connectivity index (χ0v) is 11.3. The van der Waals surface area contributed by atoms with Crippen LogP contribution in [0.5, 0.6) is 0 Å². The molecular formula is C14H14N4O3. The van der Waals surface area contributed by atoms with E-state index >= 15 is 0 Å². The van der Waals surface area contributed by atoms with Crippen LogP contribution in [0.4, 0.5) is 5.82 Å². The Morgan fingerprint density at radius 1 is 1.38 bits per heavy atom. The lowest BCUT2D eigenvalue weighted by molar-refractivity contribution is -0.127. The summed E-state index contributed by atoms with van der Waals surface area (Å²) in [6.45, 7) is 1.87. The Hall–Kier alpha value is -2.80. The number of aromatic nitrogens is 2. The molecule has 3 aromatic rings. The lowest BCUT2D eigenvalue weighted by Crippen LogP contribution is -2.27. The molecule has 0 aliphatic rings. The van der Waals surface area contributed by atoms with Gasteiger partial charge >= 0.3 is 0 Å². The number of furan rings is 1. The van der Waals surface area contributed by atoms with Crippen LogP contribution in [-0.2, 0) is 4.79 Å². The van der Waals surface area contributed by atoms with E-state index in [1.54, 1.807) is 23.9 Å². The van der Waals surface area contributed by atoms with Crippen molar-refractivity contribution in [3.8, 4) is 11.5 Å². The van der Waals surface area contributed by atoms with Gasteiger partial charge in [0, 0.05) is 5.69 Å². The Morgan fingerprint density at radius 3 is 2.95 bits per heavy atom. The molecule has 0 unspecified atom stereocenters. The smallest absolute Gasteiger partial charge is 0.262 e. The van der Waals surface area contributed by atoms with Crippen molar-refractivity contribution in [2.45, 2.75) is 6.92 Å². The van der Waals surface area contributed by atoms with Crippen LogP contribution in [0.2, 0.25) is 0 Å². The highest BCUT2D eigenvalue weighted by atomic mass is 16.5. The summed E-state index contributed by atoms with van der Waals surface area (Å²) in [5.74, 6) is 0.704. The molecule has 0 fully saturated rings. The normalized spacial score (nSPS) is 10.8. The lowest BCUT2D eigenvalue weighted by Gasteiger charge is -2.08. The highest BCUT2D eigenvalue weighted by molar-refractivity contribution is 5.82. The number of rotatable bonds is 4. The van der Waals surface area contributed by atoms with Gasteiger partial charge in [-0.2, -0.15) is 0 Å². The van der Waals surface area contributed by atoms with Gasteiger partial charge in [0.1, 0.15) is 17.2 Å². The van der Waals surface area contributed by atoms with Crippen LogP contribution in [-0.4, -0.2) is 27.0 Å². The zero-order chi connectivity index (χ0) is 14.8. The summed E-state index contributed by atoms with van der Waals surface area (Å²) in [5, 5.41) is 11.6. The second kappa shape index (κ2) is 5.29. The first-order valence-electron chi connectivity index (χ1n) is 6.39. The third-order valence-corrected chi connectivity index (χ3v) is 3.13. The SMILES string of the molecule is Cc1cccc2nc(-c3ccco3)c(NCC(=O)NO)n12. The number of aryl methyl sites for hydroxylation is 1. The van der Waals surface area contributed by atoms with Crippen molar-refractivity contribution in [1.29, 1.82) is 0 Å².